The average Bonchev–Trinajstić information content (AvgIpc) is 2.78. The van der Waals surface area contributed by atoms with Crippen molar-refractivity contribution in [3.63, 3.8) is 0 Å². The topological polar surface area (TPSA) is 120 Å². The molecule has 8 nitrogen and oxygen atoms in total. The third-order valence-electron chi connectivity index (χ3n) is 4.81. The summed E-state index contributed by atoms with van der Waals surface area (Å²) in [4.78, 5) is 21.4. The average molecular weight is 440 g/mol. The van der Waals surface area contributed by atoms with E-state index in [1.807, 2.05) is 0 Å². The van der Waals surface area contributed by atoms with Gasteiger partial charge in [-0.25, -0.2) is 13.8 Å². The number of pyridine rings is 1. The number of aliphatic hydroxyl groups excluding tert-OH is 2. The van der Waals surface area contributed by atoms with Crippen molar-refractivity contribution in [2.24, 2.45) is 0 Å². The monoisotopic (exact) mass is 440 g/mol. The Balaban J connectivity index is 2.09. The number of para-hydroxylation sites is 1. The number of phenolic OH excluding ortho intramolecular Hbond substituents is 1. The number of fused-ring (bicyclic) bond motifs is 1. The standard InChI is InChI=1S/C22H18F2N4O4/c23-16-5-2-6-17(24)20(16)28-18(32)8-7-15-19(12-3-1-4-14(31)9-12)26-22(27-21(15)28)25-13(10-29)11-30/h1-9,13,29-31H,10-11H2,(H,25,26,27). The molecule has 0 radical (unpaired) electrons. The summed E-state index contributed by atoms with van der Waals surface area (Å²) < 4.78 is 30.0. The third-order valence-corrected chi connectivity index (χ3v) is 4.81. The molecule has 0 aliphatic carbocycles. The molecule has 164 valence electrons. The van der Waals surface area contributed by atoms with Crippen LogP contribution in [0, 0.1) is 11.6 Å². The van der Waals surface area contributed by atoms with E-state index < -0.39 is 42.1 Å². The Morgan fingerprint density at radius 1 is 0.969 bits per heavy atom. The molecule has 4 aromatic rings. The minimum absolute atomic E-state index is 0.0409. The number of nitrogens with zero attached hydrogens (tertiary/aromatic N) is 3. The van der Waals surface area contributed by atoms with E-state index in [9.17, 15) is 28.9 Å². The second kappa shape index (κ2) is 8.69. The summed E-state index contributed by atoms with van der Waals surface area (Å²) >= 11 is 0. The van der Waals surface area contributed by atoms with E-state index in [-0.39, 0.29) is 28.4 Å². The zero-order valence-electron chi connectivity index (χ0n) is 16.5. The Morgan fingerprint density at radius 2 is 1.66 bits per heavy atom. The molecule has 4 N–H and O–H groups in total. The zero-order chi connectivity index (χ0) is 22.8. The molecular weight excluding hydrogens is 422 g/mol. The third kappa shape index (κ3) is 3.88. The Morgan fingerprint density at radius 3 is 2.31 bits per heavy atom. The van der Waals surface area contributed by atoms with Gasteiger partial charge in [0, 0.05) is 17.0 Å². The molecule has 10 heteroatoms. The Bertz CT molecular complexity index is 1340. The molecule has 0 spiro atoms. The second-order valence-corrected chi connectivity index (χ2v) is 6.97. The van der Waals surface area contributed by atoms with Crippen molar-refractivity contribution >= 4 is 17.0 Å². The summed E-state index contributed by atoms with van der Waals surface area (Å²) in [5.74, 6) is -2.06. The highest BCUT2D eigenvalue weighted by Gasteiger charge is 2.20. The molecule has 0 bridgehead atoms. The van der Waals surface area contributed by atoms with Crippen LogP contribution in [0.1, 0.15) is 0 Å². The van der Waals surface area contributed by atoms with Gasteiger partial charge in [0.2, 0.25) is 5.95 Å². The highest BCUT2D eigenvalue weighted by Crippen LogP contribution is 2.30. The van der Waals surface area contributed by atoms with Crippen LogP contribution in [0.2, 0.25) is 0 Å². The van der Waals surface area contributed by atoms with Crippen molar-refractivity contribution < 1.29 is 24.1 Å². The van der Waals surface area contributed by atoms with E-state index in [0.717, 1.165) is 22.8 Å². The fourth-order valence-electron chi connectivity index (χ4n) is 3.30. The molecule has 2 heterocycles. The zero-order valence-corrected chi connectivity index (χ0v) is 16.5. The molecule has 0 fully saturated rings. The molecule has 32 heavy (non-hydrogen) atoms. The number of aromatic hydroxyl groups is 1. The molecule has 0 amide bonds. The SMILES string of the molecule is O=c1ccc2c(-c3cccc(O)c3)nc(NC(CO)CO)nc2n1-c1c(F)cccc1F. The number of halogens is 2. The minimum Gasteiger partial charge on any atom is -0.508 e. The van der Waals surface area contributed by atoms with E-state index in [1.54, 1.807) is 12.1 Å². The van der Waals surface area contributed by atoms with Crippen LogP contribution in [-0.4, -0.2) is 49.1 Å². The van der Waals surface area contributed by atoms with Gasteiger partial charge in [0.25, 0.3) is 5.56 Å². The van der Waals surface area contributed by atoms with E-state index in [2.05, 4.69) is 15.3 Å². The van der Waals surface area contributed by atoms with Gasteiger partial charge in [-0.1, -0.05) is 18.2 Å². The largest absolute Gasteiger partial charge is 0.508 e. The summed E-state index contributed by atoms with van der Waals surface area (Å²) in [5, 5.41) is 31.7. The molecule has 0 unspecified atom stereocenters. The van der Waals surface area contributed by atoms with E-state index in [1.165, 1.54) is 24.3 Å². The smallest absolute Gasteiger partial charge is 0.256 e. The van der Waals surface area contributed by atoms with Crippen LogP contribution in [0.25, 0.3) is 28.0 Å². The van der Waals surface area contributed by atoms with Crippen molar-refractivity contribution in [1.29, 1.82) is 0 Å². The predicted molar refractivity (Wildman–Crippen MR) is 114 cm³/mol. The number of aliphatic hydroxyl groups is 2. The fourth-order valence-corrected chi connectivity index (χ4v) is 3.30. The Hall–Kier alpha value is -3.89. The molecule has 2 aromatic carbocycles. The molecule has 0 saturated heterocycles. The highest BCUT2D eigenvalue weighted by molar-refractivity contribution is 5.92. The van der Waals surface area contributed by atoms with Gasteiger partial charge in [-0.15, -0.1) is 0 Å². The van der Waals surface area contributed by atoms with Crippen LogP contribution in [-0.2, 0) is 0 Å². The summed E-state index contributed by atoms with van der Waals surface area (Å²) in [6.07, 6.45) is 0. The molecule has 2 aromatic heterocycles. The number of aromatic nitrogens is 3. The first kappa shape index (κ1) is 21.3. The number of hydrogen-bond donors (Lipinski definition) is 4. The van der Waals surface area contributed by atoms with Gasteiger partial charge in [0.15, 0.2) is 5.65 Å². The lowest BCUT2D eigenvalue weighted by atomic mass is 10.1. The second-order valence-electron chi connectivity index (χ2n) is 6.97. The quantitative estimate of drug-likeness (QED) is 0.363. The van der Waals surface area contributed by atoms with Crippen molar-refractivity contribution in [3.05, 3.63) is 76.6 Å². The van der Waals surface area contributed by atoms with Gasteiger partial charge in [-0.2, -0.15) is 4.98 Å². The van der Waals surface area contributed by atoms with Gasteiger partial charge in [-0.3, -0.25) is 9.36 Å². The van der Waals surface area contributed by atoms with Crippen LogP contribution in [0.3, 0.4) is 0 Å². The lowest BCUT2D eigenvalue weighted by molar-refractivity contribution is 0.203. The molecule has 0 saturated carbocycles. The number of phenols is 1. The van der Waals surface area contributed by atoms with Crippen molar-refractivity contribution in [1.82, 2.24) is 14.5 Å². The number of nitrogens with one attached hydrogen (secondary N) is 1. The molecule has 0 aliphatic heterocycles. The molecule has 0 atom stereocenters. The van der Waals surface area contributed by atoms with Gasteiger partial charge >= 0.3 is 0 Å². The van der Waals surface area contributed by atoms with Gasteiger partial charge in [0.1, 0.15) is 23.1 Å². The van der Waals surface area contributed by atoms with E-state index in [0.29, 0.717) is 5.56 Å². The van der Waals surface area contributed by atoms with Gasteiger partial charge < -0.3 is 20.6 Å². The van der Waals surface area contributed by atoms with Crippen molar-refractivity contribution in [2.75, 3.05) is 18.5 Å². The minimum atomic E-state index is -0.963. The van der Waals surface area contributed by atoms with E-state index in [4.69, 9.17) is 0 Å². The fraction of sp³-hybridized carbons (Fsp3) is 0.136. The van der Waals surface area contributed by atoms with Crippen LogP contribution in [0.5, 0.6) is 5.75 Å². The predicted octanol–water partition coefficient (Wildman–Crippen LogP) is 2.20. The number of rotatable bonds is 6. The van der Waals surface area contributed by atoms with Crippen LogP contribution >= 0.6 is 0 Å². The number of hydrogen-bond acceptors (Lipinski definition) is 7. The summed E-state index contributed by atoms with van der Waals surface area (Å²) in [6, 6.07) is 11.1. The first-order valence-corrected chi connectivity index (χ1v) is 9.58. The molecule has 4 rings (SSSR count). The van der Waals surface area contributed by atoms with Gasteiger partial charge in [0.05, 0.1) is 24.9 Å². The maximum atomic E-state index is 14.6. The molecule has 0 aliphatic rings. The lowest BCUT2D eigenvalue weighted by Gasteiger charge is -2.17. The Labute approximate surface area is 180 Å². The number of anilines is 1. The summed E-state index contributed by atoms with van der Waals surface area (Å²) in [5.41, 5.74) is -0.728. The first-order chi connectivity index (χ1) is 15.4. The van der Waals surface area contributed by atoms with Crippen LogP contribution in [0.4, 0.5) is 14.7 Å². The van der Waals surface area contributed by atoms with E-state index >= 15 is 0 Å². The van der Waals surface area contributed by atoms with Gasteiger partial charge in [-0.05, 0) is 30.3 Å². The van der Waals surface area contributed by atoms with Crippen molar-refractivity contribution in [2.45, 2.75) is 6.04 Å². The Kier molecular flexibility index (Phi) is 5.80. The summed E-state index contributed by atoms with van der Waals surface area (Å²) in [7, 11) is 0. The summed E-state index contributed by atoms with van der Waals surface area (Å²) in [6.45, 7) is -0.883. The highest BCUT2D eigenvalue weighted by atomic mass is 19.1. The molecular formula is C22H18F2N4O4. The first-order valence-electron chi connectivity index (χ1n) is 9.58. The van der Waals surface area contributed by atoms with Crippen molar-refractivity contribution in [3.8, 4) is 22.7 Å². The number of benzene rings is 2. The normalized spacial score (nSPS) is 11.3. The van der Waals surface area contributed by atoms with Crippen LogP contribution in [0.15, 0.2) is 59.4 Å². The lowest BCUT2D eigenvalue weighted by Crippen LogP contribution is -2.29. The van der Waals surface area contributed by atoms with Crippen LogP contribution < -0.4 is 10.9 Å². The maximum Gasteiger partial charge on any atom is 0.256 e. The maximum absolute atomic E-state index is 14.6.